The number of aromatic hydroxyl groups is 1. The lowest BCUT2D eigenvalue weighted by molar-refractivity contribution is 0.471. The number of hydrazone groups is 1. The summed E-state index contributed by atoms with van der Waals surface area (Å²) in [5.74, 6) is 0.173. The molecule has 2 heterocycles. The van der Waals surface area contributed by atoms with Crippen molar-refractivity contribution >= 4 is 54.4 Å². The Hall–Kier alpha value is -1.31. The van der Waals surface area contributed by atoms with Gasteiger partial charge in [0.1, 0.15) is 10.8 Å². The van der Waals surface area contributed by atoms with Gasteiger partial charge in [-0.3, -0.25) is 10.4 Å². The highest BCUT2D eigenvalue weighted by Gasteiger charge is 2.17. The lowest BCUT2D eigenvalue weighted by atomic mass is 10.2. The van der Waals surface area contributed by atoms with Crippen LogP contribution >= 0.6 is 43.6 Å². The Morgan fingerprint density at radius 1 is 1.14 bits per heavy atom. The molecule has 0 aliphatic carbocycles. The molecule has 0 unspecified atom stereocenters. The second-order valence-electron chi connectivity index (χ2n) is 4.20. The Kier molecular flexibility index (Phi) is 4.32. The molecule has 1 aromatic carbocycles. The molecular weight excluding hydrogens is 418 g/mol. The van der Waals surface area contributed by atoms with Crippen LogP contribution in [-0.4, -0.2) is 15.1 Å². The third-order valence-corrected chi connectivity index (χ3v) is 4.77. The lowest BCUT2D eigenvalue weighted by Crippen LogP contribution is -2.12. The molecule has 2 aromatic rings. The zero-order chi connectivity index (χ0) is 14.8. The van der Waals surface area contributed by atoms with Crippen LogP contribution < -0.4 is 5.43 Å². The second kappa shape index (κ2) is 6.21. The molecule has 7 heteroatoms. The van der Waals surface area contributed by atoms with Crippen molar-refractivity contribution in [3.05, 3.63) is 62.1 Å². The fourth-order valence-electron chi connectivity index (χ4n) is 1.80. The molecule has 21 heavy (non-hydrogen) atoms. The van der Waals surface area contributed by atoms with Crippen LogP contribution in [0.15, 0.2) is 56.1 Å². The molecule has 2 N–H and O–H groups in total. The lowest BCUT2D eigenvalue weighted by Gasteiger charge is -2.15. The maximum Gasteiger partial charge on any atom is 0.139 e. The molecule has 0 bridgehead atoms. The minimum Gasteiger partial charge on any atom is -0.506 e. The van der Waals surface area contributed by atoms with Gasteiger partial charge in [-0.1, -0.05) is 27.7 Å². The van der Waals surface area contributed by atoms with Crippen molar-refractivity contribution < 1.29 is 5.11 Å². The van der Waals surface area contributed by atoms with E-state index in [-0.39, 0.29) is 5.75 Å². The molecule has 0 saturated carbocycles. The van der Waals surface area contributed by atoms with Gasteiger partial charge in [0.2, 0.25) is 0 Å². The van der Waals surface area contributed by atoms with E-state index in [1.807, 2.05) is 23.6 Å². The van der Waals surface area contributed by atoms with Gasteiger partial charge in [-0.05, 0) is 40.2 Å². The first-order chi connectivity index (χ1) is 10.1. The van der Waals surface area contributed by atoms with Crippen molar-refractivity contribution in [1.82, 2.24) is 10.4 Å². The molecule has 3 rings (SSSR count). The first-order valence-corrected chi connectivity index (χ1v) is 8.41. The standard InChI is InChI=1S/C14H9Br2N3OS/c15-9-5-10(13(20)11(16)6-9)14-19-18-12(7-21-14)8-1-3-17-4-2-8/h1-7,18,20H. The number of halogens is 2. The van der Waals surface area contributed by atoms with Gasteiger partial charge in [0.05, 0.1) is 15.7 Å². The Morgan fingerprint density at radius 2 is 1.90 bits per heavy atom. The number of pyridine rings is 1. The van der Waals surface area contributed by atoms with Gasteiger partial charge in [0.25, 0.3) is 0 Å². The van der Waals surface area contributed by atoms with Gasteiger partial charge >= 0.3 is 0 Å². The number of hydrogen-bond acceptors (Lipinski definition) is 5. The quantitative estimate of drug-likeness (QED) is 0.751. The molecule has 1 aliphatic rings. The summed E-state index contributed by atoms with van der Waals surface area (Å²) < 4.78 is 1.49. The normalized spacial score (nSPS) is 14.2. The van der Waals surface area contributed by atoms with E-state index in [4.69, 9.17) is 0 Å². The first-order valence-electron chi connectivity index (χ1n) is 5.94. The molecule has 0 spiro atoms. The SMILES string of the molecule is Oc1c(Br)cc(Br)cc1C1=NNC(c2ccncc2)=CS1. The van der Waals surface area contributed by atoms with Crippen LogP contribution in [0.1, 0.15) is 11.1 Å². The molecule has 0 radical (unpaired) electrons. The topological polar surface area (TPSA) is 57.5 Å². The summed E-state index contributed by atoms with van der Waals surface area (Å²) >= 11 is 8.19. The number of hydrogen-bond donors (Lipinski definition) is 2. The number of benzene rings is 1. The molecule has 0 atom stereocenters. The summed E-state index contributed by atoms with van der Waals surface area (Å²) in [5.41, 5.74) is 5.59. The number of nitrogens with one attached hydrogen (secondary N) is 1. The highest BCUT2D eigenvalue weighted by Crippen LogP contribution is 2.35. The third-order valence-electron chi connectivity index (χ3n) is 2.82. The first kappa shape index (κ1) is 14.6. The number of rotatable bonds is 2. The second-order valence-corrected chi connectivity index (χ2v) is 6.83. The van der Waals surface area contributed by atoms with Crippen molar-refractivity contribution in [1.29, 1.82) is 0 Å². The van der Waals surface area contributed by atoms with Gasteiger partial charge in [0.15, 0.2) is 0 Å². The minimum absolute atomic E-state index is 0.173. The average molecular weight is 427 g/mol. The number of phenols is 1. The highest BCUT2D eigenvalue weighted by molar-refractivity contribution is 9.11. The van der Waals surface area contributed by atoms with E-state index in [1.54, 1.807) is 18.5 Å². The van der Waals surface area contributed by atoms with Gasteiger partial charge in [0, 0.05) is 27.8 Å². The van der Waals surface area contributed by atoms with Crippen molar-refractivity contribution in [3.63, 3.8) is 0 Å². The zero-order valence-corrected chi connectivity index (χ0v) is 14.5. The zero-order valence-electron chi connectivity index (χ0n) is 10.5. The summed E-state index contributed by atoms with van der Waals surface area (Å²) in [6, 6.07) is 7.44. The third kappa shape index (κ3) is 3.14. The summed E-state index contributed by atoms with van der Waals surface area (Å²) in [7, 11) is 0. The van der Waals surface area contributed by atoms with Crippen LogP contribution in [0.2, 0.25) is 0 Å². The molecular formula is C14H9Br2N3OS. The van der Waals surface area contributed by atoms with Gasteiger partial charge in [-0.25, -0.2) is 0 Å². The van der Waals surface area contributed by atoms with Crippen LogP contribution in [0, 0.1) is 0 Å². The van der Waals surface area contributed by atoms with E-state index < -0.39 is 0 Å². The van der Waals surface area contributed by atoms with Crippen molar-refractivity contribution in [2.24, 2.45) is 5.10 Å². The van der Waals surface area contributed by atoms with E-state index in [2.05, 4.69) is 47.4 Å². The van der Waals surface area contributed by atoms with E-state index in [0.717, 1.165) is 15.7 Å². The van der Waals surface area contributed by atoms with Crippen LogP contribution in [0.25, 0.3) is 5.70 Å². The molecule has 0 amide bonds. The van der Waals surface area contributed by atoms with E-state index >= 15 is 0 Å². The van der Waals surface area contributed by atoms with E-state index in [9.17, 15) is 5.11 Å². The largest absolute Gasteiger partial charge is 0.506 e. The van der Waals surface area contributed by atoms with E-state index in [1.165, 1.54) is 11.8 Å². The molecule has 106 valence electrons. The summed E-state index contributed by atoms with van der Waals surface area (Å²) in [6.45, 7) is 0. The molecule has 1 aliphatic heterocycles. The number of aromatic nitrogens is 1. The summed E-state index contributed by atoms with van der Waals surface area (Å²) in [6.07, 6.45) is 3.47. The fourth-order valence-corrected chi connectivity index (χ4v) is 3.82. The Morgan fingerprint density at radius 3 is 2.57 bits per heavy atom. The maximum absolute atomic E-state index is 10.1. The van der Waals surface area contributed by atoms with Crippen molar-refractivity contribution in [2.45, 2.75) is 0 Å². The van der Waals surface area contributed by atoms with Gasteiger partial charge < -0.3 is 5.11 Å². The maximum atomic E-state index is 10.1. The summed E-state index contributed by atoms with van der Waals surface area (Å²) in [5, 5.41) is 17.1. The average Bonchev–Trinajstić information content (AvgIpc) is 2.52. The number of phenolic OH excluding ortho intramolecular Hbond substituents is 1. The minimum atomic E-state index is 0.173. The smallest absolute Gasteiger partial charge is 0.139 e. The number of nitrogens with zero attached hydrogens (tertiary/aromatic N) is 2. The van der Waals surface area contributed by atoms with Gasteiger partial charge in [-0.15, -0.1) is 0 Å². The van der Waals surface area contributed by atoms with E-state index in [0.29, 0.717) is 15.1 Å². The van der Waals surface area contributed by atoms with Gasteiger partial charge in [-0.2, -0.15) is 5.10 Å². The molecule has 4 nitrogen and oxygen atoms in total. The molecule has 1 aromatic heterocycles. The Balaban J connectivity index is 1.87. The Labute approximate surface area is 142 Å². The van der Waals surface area contributed by atoms with Crippen LogP contribution in [0.3, 0.4) is 0 Å². The predicted octanol–water partition coefficient (Wildman–Crippen LogP) is 4.31. The predicted molar refractivity (Wildman–Crippen MR) is 93.0 cm³/mol. The monoisotopic (exact) mass is 425 g/mol. The van der Waals surface area contributed by atoms with Crippen LogP contribution in [0.4, 0.5) is 0 Å². The summed E-state index contributed by atoms with van der Waals surface area (Å²) in [4.78, 5) is 3.99. The van der Waals surface area contributed by atoms with Crippen LogP contribution in [0.5, 0.6) is 5.75 Å². The molecule has 0 fully saturated rings. The van der Waals surface area contributed by atoms with Crippen LogP contribution in [-0.2, 0) is 0 Å². The fraction of sp³-hybridized carbons (Fsp3) is 0. The van der Waals surface area contributed by atoms with Crippen molar-refractivity contribution in [2.75, 3.05) is 0 Å². The van der Waals surface area contributed by atoms with Crippen molar-refractivity contribution in [3.8, 4) is 5.75 Å². The highest BCUT2D eigenvalue weighted by atomic mass is 79.9. The molecule has 0 saturated heterocycles. The number of thioether (sulfide) groups is 1. The Bertz CT molecular complexity index is 747.